The van der Waals surface area contributed by atoms with E-state index in [1.54, 1.807) is 0 Å². The molecule has 1 saturated heterocycles. The normalized spacial score (nSPS) is 20.2. The average Bonchev–Trinajstić information content (AvgIpc) is 2.55. The Kier molecular flexibility index (Phi) is 4.38. The van der Waals surface area contributed by atoms with Crippen LogP contribution in [0.25, 0.3) is 0 Å². The van der Waals surface area contributed by atoms with Gasteiger partial charge in [-0.1, -0.05) is 18.5 Å². The molecule has 20 heavy (non-hydrogen) atoms. The minimum atomic E-state index is -0.414. The van der Waals surface area contributed by atoms with E-state index in [2.05, 4.69) is 6.92 Å². The molecule has 1 aliphatic heterocycles. The van der Waals surface area contributed by atoms with E-state index in [1.165, 1.54) is 0 Å². The van der Waals surface area contributed by atoms with E-state index in [-0.39, 0.29) is 11.2 Å². The summed E-state index contributed by atoms with van der Waals surface area (Å²) >= 11 is 6.16. The van der Waals surface area contributed by atoms with Crippen molar-refractivity contribution in [2.24, 2.45) is 0 Å². The summed E-state index contributed by atoms with van der Waals surface area (Å²) in [7, 11) is -0.414. The van der Waals surface area contributed by atoms with Gasteiger partial charge in [-0.25, -0.2) is 0 Å². The Labute approximate surface area is 126 Å². The van der Waals surface area contributed by atoms with Gasteiger partial charge in [-0.2, -0.15) is 0 Å². The van der Waals surface area contributed by atoms with Crippen molar-refractivity contribution >= 4 is 24.2 Å². The summed E-state index contributed by atoms with van der Waals surface area (Å²) < 4.78 is 17.7. The van der Waals surface area contributed by atoms with Crippen LogP contribution in [0.15, 0.2) is 18.2 Å². The van der Waals surface area contributed by atoms with E-state index in [9.17, 15) is 0 Å². The molecule has 5 heteroatoms. The van der Waals surface area contributed by atoms with E-state index in [1.807, 2.05) is 45.9 Å². The van der Waals surface area contributed by atoms with Crippen molar-refractivity contribution in [2.45, 2.75) is 52.2 Å². The van der Waals surface area contributed by atoms with Crippen LogP contribution in [0.4, 0.5) is 0 Å². The van der Waals surface area contributed by atoms with Gasteiger partial charge < -0.3 is 14.0 Å². The summed E-state index contributed by atoms with van der Waals surface area (Å²) in [4.78, 5) is 0. The Morgan fingerprint density at radius 3 is 2.25 bits per heavy atom. The van der Waals surface area contributed by atoms with Gasteiger partial charge in [0, 0.05) is 5.02 Å². The maximum Gasteiger partial charge on any atom is 0.495 e. The van der Waals surface area contributed by atoms with Gasteiger partial charge in [-0.3, -0.25) is 0 Å². The van der Waals surface area contributed by atoms with Crippen LogP contribution in [0.1, 0.15) is 41.0 Å². The fraction of sp³-hybridized carbons (Fsp3) is 0.600. The molecule has 0 amide bonds. The van der Waals surface area contributed by atoms with Crippen molar-refractivity contribution in [1.29, 1.82) is 0 Å². The predicted molar refractivity (Wildman–Crippen MR) is 83.0 cm³/mol. The molecule has 1 heterocycles. The fourth-order valence-electron chi connectivity index (χ4n) is 2.00. The highest BCUT2D eigenvalue weighted by Gasteiger charge is 2.51. The summed E-state index contributed by atoms with van der Waals surface area (Å²) in [6.07, 6.45) is 0.957. The Morgan fingerprint density at radius 1 is 1.10 bits per heavy atom. The van der Waals surface area contributed by atoms with Crippen molar-refractivity contribution in [1.82, 2.24) is 0 Å². The molecule has 0 saturated carbocycles. The zero-order valence-electron chi connectivity index (χ0n) is 12.8. The Bertz CT molecular complexity index is 472. The summed E-state index contributed by atoms with van der Waals surface area (Å²) in [6, 6.07) is 5.61. The lowest BCUT2D eigenvalue weighted by Crippen LogP contribution is -2.41. The summed E-state index contributed by atoms with van der Waals surface area (Å²) in [5.41, 5.74) is 0.178. The second-order valence-electron chi connectivity index (χ2n) is 6.16. The molecule has 0 atom stereocenters. The zero-order chi connectivity index (χ0) is 15.0. The Morgan fingerprint density at radius 2 is 1.70 bits per heavy atom. The number of hydrogen-bond acceptors (Lipinski definition) is 3. The van der Waals surface area contributed by atoms with Crippen molar-refractivity contribution in [2.75, 3.05) is 6.61 Å². The van der Waals surface area contributed by atoms with Crippen LogP contribution in [0.5, 0.6) is 5.75 Å². The molecule has 110 valence electrons. The smallest absolute Gasteiger partial charge is 0.494 e. The molecule has 0 aromatic heterocycles. The summed E-state index contributed by atoms with van der Waals surface area (Å²) in [5, 5.41) is 0.628. The molecule has 2 rings (SSSR count). The number of benzene rings is 1. The van der Waals surface area contributed by atoms with E-state index >= 15 is 0 Å². The van der Waals surface area contributed by atoms with Crippen LogP contribution < -0.4 is 10.2 Å². The first-order chi connectivity index (χ1) is 9.25. The van der Waals surface area contributed by atoms with Gasteiger partial charge in [-0.15, -0.1) is 0 Å². The molecular weight excluding hydrogens is 274 g/mol. The highest BCUT2D eigenvalue weighted by Crippen LogP contribution is 2.36. The molecular formula is C15H22BClO3. The van der Waals surface area contributed by atoms with E-state index in [0.717, 1.165) is 17.6 Å². The van der Waals surface area contributed by atoms with Crippen molar-refractivity contribution < 1.29 is 14.0 Å². The van der Waals surface area contributed by atoms with Gasteiger partial charge in [0.05, 0.1) is 17.8 Å². The molecule has 0 spiro atoms. The molecule has 0 aliphatic carbocycles. The standard InChI is InChI=1S/C15H22BClO3/c1-6-7-18-13-9-11(8-12(17)10-13)16-19-14(2,3)15(4,5)20-16/h8-10H,6-7H2,1-5H3. The van der Waals surface area contributed by atoms with Gasteiger partial charge in [0.2, 0.25) is 0 Å². The third-order valence-electron chi connectivity index (χ3n) is 3.89. The van der Waals surface area contributed by atoms with Crippen LogP contribution in [0, 0.1) is 0 Å². The van der Waals surface area contributed by atoms with Gasteiger partial charge >= 0.3 is 7.12 Å². The first-order valence-electron chi connectivity index (χ1n) is 7.04. The number of hydrogen-bond donors (Lipinski definition) is 0. The lowest BCUT2D eigenvalue weighted by molar-refractivity contribution is 0.00578. The largest absolute Gasteiger partial charge is 0.495 e. The summed E-state index contributed by atoms with van der Waals surface area (Å²) in [6.45, 7) is 10.9. The maximum atomic E-state index is 6.16. The molecule has 1 fully saturated rings. The topological polar surface area (TPSA) is 27.7 Å². The second-order valence-corrected chi connectivity index (χ2v) is 6.59. The molecule has 3 nitrogen and oxygen atoms in total. The van der Waals surface area contributed by atoms with E-state index < -0.39 is 7.12 Å². The lowest BCUT2D eigenvalue weighted by Gasteiger charge is -2.32. The lowest BCUT2D eigenvalue weighted by atomic mass is 9.79. The monoisotopic (exact) mass is 296 g/mol. The number of halogens is 1. The van der Waals surface area contributed by atoms with Crippen LogP contribution >= 0.6 is 11.6 Å². The summed E-state index contributed by atoms with van der Waals surface area (Å²) in [5.74, 6) is 0.754. The molecule has 0 radical (unpaired) electrons. The molecule has 0 N–H and O–H groups in total. The first kappa shape index (κ1) is 15.7. The average molecular weight is 297 g/mol. The van der Waals surface area contributed by atoms with Gasteiger partial charge in [0.15, 0.2) is 0 Å². The van der Waals surface area contributed by atoms with E-state index in [4.69, 9.17) is 25.6 Å². The van der Waals surface area contributed by atoms with E-state index in [0.29, 0.717) is 11.6 Å². The minimum Gasteiger partial charge on any atom is -0.494 e. The SMILES string of the molecule is CCCOc1cc(Cl)cc(B2OC(C)(C)C(C)(C)O2)c1. The minimum absolute atomic E-state index is 0.357. The highest BCUT2D eigenvalue weighted by molar-refractivity contribution is 6.62. The first-order valence-corrected chi connectivity index (χ1v) is 7.42. The maximum absolute atomic E-state index is 6.16. The fourth-order valence-corrected chi connectivity index (χ4v) is 2.24. The highest BCUT2D eigenvalue weighted by atomic mass is 35.5. The Hall–Kier alpha value is -0.705. The van der Waals surface area contributed by atoms with Crippen LogP contribution in [-0.4, -0.2) is 24.9 Å². The van der Waals surface area contributed by atoms with Crippen molar-refractivity contribution in [3.8, 4) is 5.75 Å². The zero-order valence-corrected chi connectivity index (χ0v) is 13.6. The Balaban J connectivity index is 2.23. The number of rotatable bonds is 4. The van der Waals surface area contributed by atoms with Crippen LogP contribution in [0.3, 0.4) is 0 Å². The van der Waals surface area contributed by atoms with Gasteiger partial charge in [0.1, 0.15) is 5.75 Å². The molecule has 1 aliphatic rings. The number of ether oxygens (including phenoxy) is 1. The molecule has 1 aromatic rings. The van der Waals surface area contributed by atoms with Crippen LogP contribution in [-0.2, 0) is 9.31 Å². The molecule has 1 aromatic carbocycles. The molecule has 0 unspecified atom stereocenters. The van der Waals surface area contributed by atoms with Crippen molar-refractivity contribution in [3.63, 3.8) is 0 Å². The second kappa shape index (κ2) is 5.59. The van der Waals surface area contributed by atoms with Gasteiger partial charge in [0.25, 0.3) is 0 Å². The third kappa shape index (κ3) is 3.13. The third-order valence-corrected chi connectivity index (χ3v) is 4.11. The van der Waals surface area contributed by atoms with Crippen molar-refractivity contribution in [3.05, 3.63) is 23.2 Å². The molecule has 0 bridgehead atoms. The predicted octanol–water partition coefficient (Wildman–Crippen LogP) is 3.43. The van der Waals surface area contributed by atoms with Gasteiger partial charge in [-0.05, 0) is 57.8 Å². The quantitative estimate of drug-likeness (QED) is 0.797. The van der Waals surface area contributed by atoms with Crippen LogP contribution in [0.2, 0.25) is 5.02 Å².